The van der Waals surface area contributed by atoms with Crippen molar-refractivity contribution >= 4 is 5.97 Å². The van der Waals surface area contributed by atoms with Gasteiger partial charge in [-0.3, -0.25) is 0 Å². The number of methoxy groups -OCH3 is 1. The summed E-state index contributed by atoms with van der Waals surface area (Å²) in [7, 11) is 1.37. The van der Waals surface area contributed by atoms with E-state index in [2.05, 4.69) is 17.0 Å². The van der Waals surface area contributed by atoms with Crippen molar-refractivity contribution in [2.24, 2.45) is 5.92 Å². The van der Waals surface area contributed by atoms with E-state index in [0.29, 0.717) is 6.04 Å². The zero-order chi connectivity index (χ0) is 8.97. The van der Waals surface area contributed by atoms with Gasteiger partial charge in [-0.15, -0.1) is 0 Å². The van der Waals surface area contributed by atoms with E-state index in [0.717, 1.165) is 5.92 Å². The Hall–Kier alpha value is -0.990. The van der Waals surface area contributed by atoms with Gasteiger partial charge in [0.05, 0.1) is 7.11 Å². The van der Waals surface area contributed by atoms with Gasteiger partial charge in [-0.25, -0.2) is 4.79 Å². The van der Waals surface area contributed by atoms with Gasteiger partial charge in [0.15, 0.2) is 0 Å². The molecule has 0 aromatic carbocycles. The molecule has 12 heavy (non-hydrogen) atoms. The van der Waals surface area contributed by atoms with Gasteiger partial charge in [0.1, 0.15) is 0 Å². The highest BCUT2D eigenvalue weighted by atomic mass is 16.5. The number of carbonyl (C=O) groups excluding carboxylic acids is 1. The minimum absolute atomic E-state index is 0.311. The normalized spacial score (nSPS) is 28.2. The molecule has 0 aromatic heterocycles. The first-order valence-corrected chi connectivity index (χ1v) is 4.24. The topological polar surface area (TPSA) is 38.3 Å². The number of esters is 1. The van der Waals surface area contributed by atoms with Gasteiger partial charge in [-0.05, 0) is 18.8 Å². The van der Waals surface area contributed by atoms with Crippen LogP contribution in [-0.4, -0.2) is 19.1 Å². The number of ether oxygens (including phenoxy) is 1. The maximum Gasteiger partial charge on any atom is 0.331 e. The van der Waals surface area contributed by atoms with Crippen molar-refractivity contribution < 1.29 is 9.53 Å². The third-order valence-corrected chi connectivity index (χ3v) is 2.35. The van der Waals surface area contributed by atoms with Gasteiger partial charge in [0.2, 0.25) is 0 Å². The number of nitrogens with one attached hydrogen (secondary N) is 1. The first-order chi connectivity index (χ1) is 5.74. The summed E-state index contributed by atoms with van der Waals surface area (Å²) in [6, 6.07) is 0.547. The summed E-state index contributed by atoms with van der Waals surface area (Å²) in [5, 5.41) is 3.15. The first-order valence-electron chi connectivity index (χ1n) is 4.24. The molecule has 1 N–H and O–H groups in total. The fourth-order valence-corrected chi connectivity index (χ4v) is 1.22. The predicted molar refractivity (Wildman–Crippen MR) is 46.5 cm³/mol. The lowest BCUT2D eigenvalue weighted by Gasteiger charge is -2.33. The van der Waals surface area contributed by atoms with Crippen molar-refractivity contribution in [3.8, 4) is 0 Å². The maximum atomic E-state index is 10.6. The monoisotopic (exact) mass is 169 g/mol. The van der Waals surface area contributed by atoms with Crippen LogP contribution in [0.3, 0.4) is 0 Å². The van der Waals surface area contributed by atoms with Crippen LogP contribution >= 0.6 is 0 Å². The summed E-state index contributed by atoms with van der Waals surface area (Å²) >= 11 is 0. The summed E-state index contributed by atoms with van der Waals surface area (Å²) in [5.74, 6) is 0.418. The Balaban J connectivity index is 2.16. The number of rotatable bonds is 3. The lowest BCUT2D eigenvalue weighted by molar-refractivity contribution is -0.134. The van der Waals surface area contributed by atoms with Gasteiger partial charge in [-0.1, -0.05) is 6.92 Å². The second-order valence-corrected chi connectivity index (χ2v) is 3.18. The van der Waals surface area contributed by atoms with Crippen LogP contribution in [0.15, 0.2) is 12.3 Å². The lowest BCUT2D eigenvalue weighted by Crippen LogP contribution is -2.39. The molecule has 0 aromatic rings. The van der Waals surface area contributed by atoms with Crippen LogP contribution in [0.1, 0.15) is 19.8 Å². The third-order valence-electron chi connectivity index (χ3n) is 2.35. The summed E-state index contributed by atoms with van der Waals surface area (Å²) in [4.78, 5) is 10.6. The predicted octanol–water partition coefficient (Wildman–Crippen LogP) is 1.06. The summed E-state index contributed by atoms with van der Waals surface area (Å²) in [6.07, 6.45) is 5.56. The zero-order valence-electron chi connectivity index (χ0n) is 7.54. The van der Waals surface area contributed by atoms with Crippen molar-refractivity contribution in [1.29, 1.82) is 0 Å². The molecule has 0 heterocycles. The van der Waals surface area contributed by atoms with Crippen LogP contribution in [0.25, 0.3) is 0 Å². The highest BCUT2D eigenvalue weighted by molar-refractivity contribution is 5.81. The van der Waals surface area contributed by atoms with Gasteiger partial charge >= 0.3 is 5.97 Å². The van der Waals surface area contributed by atoms with E-state index in [4.69, 9.17) is 0 Å². The largest absolute Gasteiger partial charge is 0.466 e. The molecule has 0 saturated heterocycles. The molecule has 0 amide bonds. The fourth-order valence-electron chi connectivity index (χ4n) is 1.22. The van der Waals surface area contributed by atoms with Crippen molar-refractivity contribution in [2.45, 2.75) is 25.8 Å². The smallest absolute Gasteiger partial charge is 0.331 e. The average Bonchev–Trinajstić information content (AvgIpc) is 2.09. The maximum absolute atomic E-state index is 10.6. The van der Waals surface area contributed by atoms with Crippen LogP contribution in [0.4, 0.5) is 0 Å². The first kappa shape index (κ1) is 9.10. The van der Waals surface area contributed by atoms with E-state index in [1.807, 2.05) is 0 Å². The molecule has 1 aliphatic rings. The van der Waals surface area contributed by atoms with E-state index in [-0.39, 0.29) is 5.97 Å². The molecule has 1 saturated carbocycles. The highest BCUT2D eigenvalue weighted by Crippen LogP contribution is 2.26. The SMILES string of the molecule is COC(=O)/C=C/NC1CCC1C. The van der Waals surface area contributed by atoms with E-state index in [1.165, 1.54) is 26.0 Å². The standard InChI is InChI=1S/C9H15NO2/c1-7-3-4-8(7)10-6-5-9(11)12-2/h5-8,10H,3-4H2,1-2H3/b6-5+. The minimum Gasteiger partial charge on any atom is -0.466 e. The van der Waals surface area contributed by atoms with Gasteiger partial charge in [-0.2, -0.15) is 0 Å². The van der Waals surface area contributed by atoms with Gasteiger partial charge in [0.25, 0.3) is 0 Å². The van der Waals surface area contributed by atoms with E-state index in [9.17, 15) is 4.79 Å². The second kappa shape index (κ2) is 4.14. The van der Waals surface area contributed by atoms with Gasteiger partial charge < -0.3 is 10.1 Å². The fraction of sp³-hybridized carbons (Fsp3) is 0.667. The van der Waals surface area contributed by atoms with Gasteiger partial charge in [0, 0.05) is 18.3 Å². The molecule has 2 unspecified atom stereocenters. The zero-order valence-corrected chi connectivity index (χ0v) is 7.54. The Labute approximate surface area is 72.8 Å². The molecule has 68 valence electrons. The molecule has 0 bridgehead atoms. The quantitative estimate of drug-likeness (QED) is 0.507. The van der Waals surface area contributed by atoms with Crippen molar-refractivity contribution in [3.63, 3.8) is 0 Å². The Bertz CT molecular complexity index is 189. The van der Waals surface area contributed by atoms with Crippen molar-refractivity contribution in [2.75, 3.05) is 7.11 Å². The molecule has 3 nitrogen and oxygen atoms in total. The number of carbonyl (C=O) groups is 1. The molecular weight excluding hydrogens is 154 g/mol. The van der Waals surface area contributed by atoms with E-state index < -0.39 is 0 Å². The van der Waals surface area contributed by atoms with Crippen LogP contribution in [0.2, 0.25) is 0 Å². The Kier molecular flexibility index (Phi) is 3.14. The van der Waals surface area contributed by atoms with Crippen LogP contribution in [0.5, 0.6) is 0 Å². The Morgan fingerprint density at radius 1 is 1.58 bits per heavy atom. The van der Waals surface area contributed by atoms with E-state index in [1.54, 1.807) is 6.20 Å². The molecule has 1 fully saturated rings. The average molecular weight is 169 g/mol. The Morgan fingerprint density at radius 2 is 2.33 bits per heavy atom. The third kappa shape index (κ3) is 2.26. The second-order valence-electron chi connectivity index (χ2n) is 3.18. The number of hydrogen-bond donors (Lipinski definition) is 1. The minimum atomic E-state index is -0.311. The van der Waals surface area contributed by atoms with Crippen molar-refractivity contribution in [1.82, 2.24) is 5.32 Å². The van der Waals surface area contributed by atoms with Crippen molar-refractivity contribution in [3.05, 3.63) is 12.3 Å². The molecule has 3 heteroatoms. The molecule has 0 aliphatic heterocycles. The summed E-state index contributed by atoms with van der Waals surface area (Å²) < 4.78 is 4.44. The lowest BCUT2D eigenvalue weighted by atomic mass is 9.81. The van der Waals surface area contributed by atoms with E-state index >= 15 is 0 Å². The number of hydrogen-bond acceptors (Lipinski definition) is 3. The van der Waals surface area contributed by atoms with Crippen LogP contribution in [0, 0.1) is 5.92 Å². The summed E-state index contributed by atoms with van der Waals surface area (Å²) in [6.45, 7) is 2.20. The Morgan fingerprint density at radius 3 is 2.75 bits per heavy atom. The molecule has 2 atom stereocenters. The highest BCUT2D eigenvalue weighted by Gasteiger charge is 2.24. The molecule has 1 rings (SSSR count). The molecule has 0 radical (unpaired) electrons. The van der Waals surface area contributed by atoms with Crippen LogP contribution < -0.4 is 5.32 Å². The molecule has 1 aliphatic carbocycles. The molecular formula is C9H15NO2. The van der Waals surface area contributed by atoms with Crippen LogP contribution in [-0.2, 0) is 9.53 Å². The molecule has 0 spiro atoms. The summed E-state index contributed by atoms with van der Waals surface area (Å²) in [5.41, 5.74) is 0.